The largest absolute Gasteiger partial charge is 0.481 e. The Morgan fingerprint density at radius 1 is 1.35 bits per heavy atom. The molecule has 0 saturated heterocycles. The van der Waals surface area contributed by atoms with Crippen molar-refractivity contribution in [1.82, 2.24) is 5.32 Å². The highest BCUT2D eigenvalue weighted by molar-refractivity contribution is 6.30. The van der Waals surface area contributed by atoms with E-state index in [1.165, 1.54) is 0 Å². The van der Waals surface area contributed by atoms with Gasteiger partial charge in [-0.1, -0.05) is 17.7 Å². The molecule has 0 radical (unpaired) electrons. The Labute approximate surface area is 142 Å². The van der Waals surface area contributed by atoms with Crippen molar-refractivity contribution in [3.05, 3.63) is 34.3 Å². The van der Waals surface area contributed by atoms with Crippen molar-refractivity contribution in [2.45, 2.75) is 58.6 Å². The van der Waals surface area contributed by atoms with Crippen LogP contribution in [0.2, 0.25) is 5.02 Å². The molecular formula is C17H24ClNO4. The molecule has 0 aliphatic heterocycles. The molecule has 23 heavy (non-hydrogen) atoms. The predicted octanol–water partition coefficient (Wildman–Crippen LogP) is 3.95. The molecule has 1 rings (SSSR count). The lowest BCUT2D eigenvalue weighted by Gasteiger charge is -2.24. The van der Waals surface area contributed by atoms with Gasteiger partial charge in [0, 0.05) is 17.5 Å². The fourth-order valence-corrected chi connectivity index (χ4v) is 2.38. The van der Waals surface area contributed by atoms with E-state index in [1.54, 1.807) is 26.8 Å². The van der Waals surface area contributed by atoms with Gasteiger partial charge in [-0.2, -0.15) is 0 Å². The Bertz CT molecular complexity index is 566. The number of rotatable bonds is 6. The van der Waals surface area contributed by atoms with Gasteiger partial charge in [-0.25, -0.2) is 4.79 Å². The molecule has 0 saturated carbocycles. The zero-order chi connectivity index (χ0) is 17.6. The highest BCUT2D eigenvalue weighted by atomic mass is 35.5. The van der Waals surface area contributed by atoms with E-state index in [0.29, 0.717) is 17.9 Å². The summed E-state index contributed by atoms with van der Waals surface area (Å²) in [5.41, 5.74) is 1.42. The lowest BCUT2D eigenvalue weighted by molar-refractivity contribution is -0.137. The molecule has 0 aliphatic carbocycles. The van der Waals surface area contributed by atoms with Crippen LogP contribution >= 0.6 is 11.6 Å². The summed E-state index contributed by atoms with van der Waals surface area (Å²) in [7, 11) is 0. The van der Waals surface area contributed by atoms with Crippen molar-refractivity contribution in [1.29, 1.82) is 0 Å². The van der Waals surface area contributed by atoms with Gasteiger partial charge in [0.25, 0.3) is 0 Å². The van der Waals surface area contributed by atoms with Gasteiger partial charge < -0.3 is 15.2 Å². The van der Waals surface area contributed by atoms with Crippen molar-refractivity contribution in [3.8, 4) is 0 Å². The monoisotopic (exact) mass is 341 g/mol. The van der Waals surface area contributed by atoms with Gasteiger partial charge >= 0.3 is 12.1 Å². The molecule has 2 N–H and O–H groups in total. The van der Waals surface area contributed by atoms with Crippen molar-refractivity contribution in [2.24, 2.45) is 0 Å². The summed E-state index contributed by atoms with van der Waals surface area (Å²) in [4.78, 5) is 22.8. The van der Waals surface area contributed by atoms with Crippen LogP contribution in [-0.2, 0) is 16.0 Å². The number of ether oxygens (including phenoxy) is 1. The fourth-order valence-electron chi connectivity index (χ4n) is 2.15. The van der Waals surface area contributed by atoms with Crippen LogP contribution in [0.15, 0.2) is 18.2 Å². The van der Waals surface area contributed by atoms with Crippen LogP contribution in [0.5, 0.6) is 0 Å². The molecule has 1 aromatic rings. The molecular weight excluding hydrogens is 318 g/mol. The fraction of sp³-hybridized carbons (Fsp3) is 0.529. The number of aryl methyl sites for hydroxylation is 1. The summed E-state index contributed by atoms with van der Waals surface area (Å²) in [5.74, 6) is -0.895. The molecule has 1 aromatic carbocycles. The third-order valence-corrected chi connectivity index (χ3v) is 3.43. The van der Waals surface area contributed by atoms with E-state index in [4.69, 9.17) is 21.4 Å². The topological polar surface area (TPSA) is 75.6 Å². The summed E-state index contributed by atoms with van der Waals surface area (Å²) in [6.07, 6.45) is 0.290. The highest BCUT2D eigenvalue weighted by Gasteiger charge is 2.20. The zero-order valence-electron chi connectivity index (χ0n) is 14.0. The molecule has 128 valence electrons. The van der Waals surface area contributed by atoms with E-state index in [2.05, 4.69) is 5.32 Å². The number of hydrogen-bond acceptors (Lipinski definition) is 3. The number of carbonyl (C=O) groups excluding carboxylic acids is 1. The number of aliphatic carboxylic acids is 1. The number of carboxylic acids is 1. The van der Waals surface area contributed by atoms with E-state index >= 15 is 0 Å². The Balaban J connectivity index is 2.79. The van der Waals surface area contributed by atoms with E-state index in [9.17, 15) is 9.59 Å². The maximum Gasteiger partial charge on any atom is 0.407 e. The second kappa shape index (κ2) is 8.20. The van der Waals surface area contributed by atoms with Gasteiger partial charge in [-0.3, -0.25) is 4.79 Å². The zero-order valence-corrected chi connectivity index (χ0v) is 14.7. The second-order valence-corrected chi connectivity index (χ2v) is 6.99. The SMILES string of the molecule is Cc1cc(Cl)ccc1CC(CCC(=O)O)NC(=O)OC(C)(C)C. The molecule has 0 fully saturated rings. The molecule has 0 bridgehead atoms. The number of nitrogens with one attached hydrogen (secondary N) is 1. The van der Waals surface area contributed by atoms with Crippen LogP contribution in [0, 0.1) is 6.92 Å². The first-order valence-electron chi connectivity index (χ1n) is 7.53. The van der Waals surface area contributed by atoms with Gasteiger partial charge in [-0.15, -0.1) is 0 Å². The van der Waals surface area contributed by atoms with E-state index < -0.39 is 17.7 Å². The molecule has 1 amide bonds. The van der Waals surface area contributed by atoms with Crippen LogP contribution in [0.25, 0.3) is 0 Å². The van der Waals surface area contributed by atoms with Crippen LogP contribution in [0.1, 0.15) is 44.7 Å². The first-order valence-corrected chi connectivity index (χ1v) is 7.91. The minimum absolute atomic E-state index is 0.0207. The average Bonchev–Trinajstić information content (AvgIpc) is 2.36. The van der Waals surface area contributed by atoms with Crippen LogP contribution < -0.4 is 5.32 Å². The molecule has 1 unspecified atom stereocenters. The predicted molar refractivity (Wildman–Crippen MR) is 89.9 cm³/mol. The van der Waals surface area contributed by atoms with Crippen molar-refractivity contribution in [2.75, 3.05) is 0 Å². The highest BCUT2D eigenvalue weighted by Crippen LogP contribution is 2.18. The minimum Gasteiger partial charge on any atom is -0.481 e. The molecule has 0 aromatic heterocycles. The molecule has 1 atom stereocenters. The number of carboxylic acid groups (broad SMARTS) is 1. The molecule has 5 nitrogen and oxygen atoms in total. The maximum atomic E-state index is 11.9. The Hall–Kier alpha value is -1.75. The first kappa shape index (κ1) is 19.3. The number of alkyl carbamates (subject to hydrolysis) is 1. The normalized spacial score (nSPS) is 12.6. The summed E-state index contributed by atoms with van der Waals surface area (Å²) >= 11 is 5.95. The molecule has 0 spiro atoms. The van der Waals surface area contributed by atoms with Gasteiger partial charge in [-0.05, 0) is 63.8 Å². The summed E-state index contributed by atoms with van der Waals surface area (Å²) in [6, 6.07) is 5.20. The van der Waals surface area contributed by atoms with Crippen LogP contribution in [0.4, 0.5) is 4.79 Å². The molecule has 0 aliphatic rings. The van der Waals surface area contributed by atoms with Gasteiger partial charge in [0.15, 0.2) is 0 Å². The average molecular weight is 342 g/mol. The first-order chi connectivity index (χ1) is 10.6. The Morgan fingerprint density at radius 2 is 2.00 bits per heavy atom. The number of benzene rings is 1. The third-order valence-electron chi connectivity index (χ3n) is 3.20. The number of amides is 1. The molecule has 6 heteroatoms. The number of hydrogen-bond donors (Lipinski definition) is 2. The van der Waals surface area contributed by atoms with Gasteiger partial charge in [0.05, 0.1) is 0 Å². The summed E-state index contributed by atoms with van der Waals surface area (Å²) < 4.78 is 5.24. The van der Waals surface area contributed by atoms with E-state index in [0.717, 1.165) is 11.1 Å². The van der Waals surface area contributed by atoms with Crippen molar-refractivity contribution < 1.29 is 19.4 Å². The van der Waals surface area contributed by atoms with Gasteiger partial charge in [0.2, 0.25) is 0 Å². The molecule has 0 heterocycles. The van der Waals surface area contributed by atoms with Crippen molar-refractivity contribution >= 4 is 23.7 Å². The van der Waals surface area contributed by atoms with Gasteiger partial charge in [0.1, 0.15) is 5.60 Å². The van der Waals surface area contributed by atoms with Crippen LogP contribution in [-0.4, -0.2) is 28.8 Å². The third kappa shape index (κ3) is 7.88. The summed E-state index contributed by atoms with van der Waals surface area (Å²) in [5, 5.41) is 12.3. The van der Waals surface area contributed by atoms with E-state index in [-0.39, 0.29) is 12.5 Å². The maximum absolute atomic E-state index is 11.9. The Morgan fingerprint density at radius 3 is 2.52 bits per heavy atom. The number of halogens is 1. The lowest BCUT2D eigenvalue weighted by Crippen LogP contribution is -2.40. The lowest BCUT2D eigenvalue weighted by atomic mass is 9.98. The summed E-state index contributed by atoms with van der Waals surface area (Å²) in [6.45, 7) is 7.27. The smallest absolute Gasteiger partial charge is 0.407 e. The van der Waals surface area contributed by atoms with E-state index in [1.807, 2.05) is 19.1 Å². The number of carbonyl (C=O) groups is 2. The van der Waals surface area contributed by atoms with Crippen LogP contribution in [0.3, 0.4) is 0 Å². The minimum atomic E-state index is -0.895. The second-order valence-electron chi connectivity index (χ2n) is 6.55. The standard InChI is InChI=1S/C17H24ClNO4/c1-11-9-13(18)6-5-12(11)10-14(7-8-15(20)21)19-16(22)23-17(2,3)4/h5-6,9,14H,7-8,10H2,1-4H3,(H,19,22)(H,20,21). The Kier molecular flexibility index (Phi) is 6.88. The van der Waals surface area contributed by atoms with Crippen molar-refractivity contribution in [3.63, 3.8) is 0 Å². The quantitative estimate of drug-likeness (QED) is 0.821.